The minimum absolute atomic E-state index is 0.714. The van der Waals surface area contributed by atoms with Gasteiger partial charge in [0.25, 0.3) is 0 Å². The average molecular weight is 642 g/mol. The van der Waals surface area contributed by atoms with E-state index in [0.29, 0.717) is 5.82 Å². The van der Waals surface area contributed by atoms with E-state index >= 15 is 0 Å². The molecular weight excluding hydrogens is 619 g/mol. The lowest BCUT2D eigenvalue weighted by Gasteiger charge is -2.07. The van der Waals surface area contributed by atoms with Crippen LogP contribution in [-0.4, -0.2) is 14.4 Å². The molecular formula is C44H23N3OS. The molecule has 226 valence electrons. The molecule has 5 heterocycles. The van der Waals surface area contributed by atoms with Crippen molar-refractivity contribution in [3.63, 3.8) is 0 Å². The van der Waals surface area contributed by atoms with Crippen molar-refractivity contribution in [2.75, 3.05) is 0 Å². The molecule has 12 rings (SSSR count). The molecule has 0 amide bonds. The molecule has 0 atom stereocenters. The van der Waals surface area contributed by atoms with E-state index in [1.165, 1.54) is 48.2 Å². The predicted octanol–water partition coefficient (Wildman–Crippen LogP) is 12.4. The maximum Gasteiger partial charge on any atom is 0.160 e. The lowest BCUT2D eigenvalue weighted by molar-refractivity contribution is 0.673. The van der Waals surface area contributed by atoms with Gasteiger partial charge < -0.3 is 8.82 Å². The van der Waals surface area contributed by atoms with Gasteiger partial charge in [-0.25, -0.2) is 9.97 Å². The van der Waals surface area contributed by atoms with E-state index in [4.69, 9.17) is 14.4 Å². The van der Waals surface area contributed by atoms with Crippen LogP contribution in [0.15, 0.2) is 144 Å². The Kier molecular flexibility index (Phi) is 4.83. The van der Waals surface area contributed by atoms with Crippen molar-refractivity contribution < 1.29 is 4.42 Å². The van der Waals surface area contributed by atoms with Crippen molar-refractivity contribution >= 4 is 102 Å². The summed E-state index contributed by atoms with van der Waals surface area (Å²) in [6.07, 6.45) is 0. The Morgan fingerprint density at radius 1 is 0.490 bits per heavy atom. The summed E-state index contributed by atoms with van der Waals surface area (Å²) in [6.45, 7) is 0. The number of hydrogen-bond donors (Lipinski definition) is 0. The van der Waals surface area contributed by atoms with Crippen LogP contribution in [-0.2, 0) is 0 Å². The van der Waals surface area contributed by atoms with E-state index < -0.39 is 0 Å². The summed E-state index contributed by atoms with van der Waals surface area (Å²) in [4.78, 5) is 10.4. The summed E-state index contributed by atoms with van der Waals surface area (Å²) in [5.74, 6) is 0.714. The number of furan rings is 1. The van der Waals surface area contributed by atoms with E-state index in [2.05, 4.69) is 138 Å². The summed E-state index contributed by atoms with van der Waals surface area (Å²) < 4.78 is 11.5. The minimum atomic E-state index is 0.714. The third-order valence-electron chi connectivity index (χ3n) is 10.3. The highest BCUT2D eigenvalue weighted by molar-refractivity contribution is 7.26. The van der Waals surface area contributed by atoms with E-state index in [1.54, 1.807) is 11.3 Å². The van der Waals surface area contributed by atoms with Gasteiger partial charge in [0, 0.05) is 64.3 Å². The third-order valence-corrected chi connectivity index (χ3v) is 11.5. The zero-order chi connectivity index (χ0) is 31.8. The Morgan fingerprint density at radius 3 is 2.00 bits per heavy atom. The molecule has 12 aromatic rings. The first-order chi connectivity index (χ1) is 24.3. The molecule has 0 N–H and O–H groups in total. The van der Waals surface area contributed by atoms with Crippen LogP contribution in [0, 0.1) is 0 Å². The van der Waals surface area contributed by atoms with Gasteiger partial charge in [-0.1, -0.05) is 97.1 Å². The van der Waals surface area contributed by atoms with Gasteiger partial charge in [-0.3, -0.25) is 0 Å². The molecule has 0 saturated carbocycles. The number of hydrogen-bond acceptors (Lipinski definition) is 4. The Bertz CT molecular complexity index is 3330. The molecule has 0 aliphatic rings. The molecule has 4 nitrogen and oxygen atoms in total. The van der Waals surface area contributed by atoms with Crippen molar-refractivity contribution in [2.24, 2.45) is 0 Å². The summed E-state index contributed by atoms with van der Waals surface area (Å²) in [5.41, 5.74) is 9.52. The molecule has 0 aliphatic carbocycles. The second-order valence-corrected chi connectivity index (χ2v) is 14.0. The van der Waals surface area contributed by atoms with Crippen LogP contribution in [0.1, 0.15) is 0 Å². The summed E-state index contributed by atoms with van der Waals surface area (Å²) in [6, 6.07) is 49.7. The molecule has 7 aromatic carbocycles. The monoisotopic (exact) mass is 641 g/mol. The second-order valence-electron chi connectivity index (χ2n) is 12.9. The number of aromatic nitrogens is 3. The molecule has 0 fully saturated rings. The molecule has 0 aliphatic heterocycles. The van der Waals surface area contributed by atoms with Crippen molar-refractivity contribution in [1.29, 1.82) is 0 Å². The van der Waals surface area contributed by atoms with Crippen molar-refractivity contribution in [3.8, 4) is 22.6 Å². The smallest absolute Gasteiger partial charge is 0.160 e. The normalized spacial score (nSPS) is 12.5. The molecule has 0 radical (unpaired) electrons. The summed E-state index contributed by atoms with van der Waals surface area (Å²) in [7, 11) is 0. The number of para-hydroxylation sites is 2. The molecule has 0 bridgehead atoms. The standard InChI is InChI=1S/C44H23N3OS/c1-2-9-24(10-3-1)38-43-39(33-12-5-7-16-37(33)49-43)46-44(45-38)25-17-22-36-34(23-25)32-21-19-30-31(42(32)48-36)20-18-29-28-14-8-13-27-26-11-4-6-15-35(26)47(40(27)28)41(29)30/h1-23H. The third kappa shape index (κ3) is 3.32. The maximum atomic E-state index is 6.70. The second kappa shape index (κ2) is 9.19. The fraction of sp³-hybridized carbons (Fsp3) is 0. The van der Waals surface area contributed by atoms with E-state index in [9.17, 15) is 0 Å². The highest BCUT2D eigenvalue weighted by Crippen LogP contribution is 2.44. The number of fused-ring (bicyclic) bond motifs is 15. The van der Waals surface area contributed by atoms with Crippen molar-refractivity contribution in [1.82, 2.24) is 14.4 Å². The topological polar surface area (TPSA) is 43.3 Å². The van der Waals surface area contributed by atoms with Crippen LogP contribution in [0.25, 0.3) is 114 Å². The highest BCUT2D eigenvalue weighted by atomic mass is 32.1. The quantitative estimate of drug-likeness (QED) is 0.189. The van der Waals surface area contributed by atoms with Gasteiger partial charge >= 0.3 is 0 Å². The number of benzene rings is 7. The van der Waals surface area contributed by atoms with Gasteiger partial charge in [0.15, 0.2) is 5.82 Å². The molecule has 0 unspecified atom stereocenters. The Morgan fingerprint density at radius 2 is 1.14 bits per heavy atom. The van der Waals surface area contributed by atoms with Crippen molar-refractivity contribution in [3.05, 3.63) is 140 Å². The van der Waals surface area contributed by atoms with Gasteiger partial charge in [-0.05, 0) is 42.5 Å². The lowest BCUT2D eigenvalue weighted by Crippen LogP contribution is -1.93. The van der Waals surface area contributed by atoms with Crippen LogP contribution in [0.2, 0.25) is 0 Å². The first-order valence-electron chi connectivity index (χ1n) is 16.5. The van der Waals surface area contributed by atoms with Gasteiger partial charge in [0.1, 0.15) is 11.2 Å². The lowest BCUT2D eigenvalue weighted by atomic mass is 10.0. The van der Waals surface area contributed by atoms with E-state index in [-0.39, 0.29) is 0 Å². The molecule has 49 heavy (non-hydrogen) atoms. The Hall–Kier alpha value is -6.30. The summed E-state index contributed by atoms with van der Waals surface area (Å²) >= 11 is 1.76. The fourth-order valence-electron chi connectivity index (χ4n) is 8.20. The first kappa shape index (κ1) is 25.7. The van der Waals surface area contributed by atoms with Crippen molar-refractivity contribution in [2.45, 2.75) is 0 Å². The average Bonchev–Trinajstić information content (AvgIpc) is 3.91. The van der Waals surface area contributed by atoms with Crippen LogP contribution in [0.4, 0.5) is 0 Å². The van der Waals surface area contributed by atoms with Gasteiger partial charge in [-0.2, -0.15) is 0 Å². The number of thiophene rings is 1. The zero-order valence-electron chi connectivity index (χ0n) is 25.9. The molecule has 5 aromatic heterocycles. The van der Waals surface area contributed by atoms with E-state index in [0.717, 1.165) is 59.7 Å². The van der Waals surface area contributed by atoms with Crippen LogP contribution in [0.5, 0.6) is 0 Å². The van der Waals surface area contributed by atoms with Crippen LogP contribution in [0.3, 0.4) is 0 Å². The molecule has 5 heteroatoms. The van der Waals surface area contributed by atoms with Gasteiger partial charge in [0.2, 0.25) is 0 Å². The number of rotatable bonds is 2. The first-order valence-corrected chi connectivity index (χ1v) is 17.3. The highest BCUT2D eigenvalue weighted by Gasteiger charge is 2.21. The minimum Gasteiger partial charge on any atom is -0.455 e. The Labute approximate surface area is 282 Å². The van der Waals surface area contributed by atoms with Crippen LogP contribution >= 0.6 is 11.3 Å². The van der Waals surface area contributed by atoms with Gasteiger partial charge in [0.05, 0.1) is 32.5 Å². The largest absolute Gasteiger partial charge is 0.455 e. The molecule has 0 saturated heterocycles. The predicted molar refractivity (Wildman–Crippen MR) is 205 cm³/mol. The van der Waals surface area contributed by atoms with E-state index in [1.807, 2.05) is 6.07 Å². The van der Waals surface area contributed by atoms with Gasteiger partial charge in [-0.15, -0.1) is 11.3 Å². The SMILES string of the molecule is c1ccc(-c2nc(-c3ccc4oc5c(ccc6c5ccc5c7cccc8c9ccccc9n(c65)c87)c4c3)nc3c2sc2ccccc23)cc1. The molecule has 0 spiro atoms. The number of nitrogens with zero attached hydrogens (tertiary/aromatic N) is 3. The summed E-state index contributed by atoms with van der Waals surface area (Å²) in [5, 5.41) is 10.7. The maximum absolute atomic E-state index is 6.70. The fourth-order valence-corrected chi connectivity index (χ4v) is 9.35. The Balaban J connectivity index is 1.12. The zero-order valence-corrected chi connectivity index (χ0v) is 26.8. The van der Waals surface area contributed by atoms with Crippen LogP contribution < -0.4 is 0 Å².